The zero-order valence-corrected chi connectivity index (χ0v) is 11.0. The summed E-state index contributed by atoms with van der Waals surface area (Å²) < 4.78 is 0. The van der Waals surface area contributed by atoms with Crippen LogP contribution in [0.5, 0.6) is 0 Å². The molecule has 1 aromatic heterocycles. The highest BCUT2D eigenvalue weighted by Gasteiger charge is 2.33. The van der Waals surface area contributed by atoms with E-state index in [-0.39, 0.29) is 0 Å². The molecule has 1 fully saturated rings. The topological polar surface area (TPSA) is 23.5 Å². The summed E-state index contributed by atoms with van der Waals surface area (Å²) in [7, 11) is 0. The normalized spacial score (nSPS) is 27.9. The number of rotatable bonds is 2. The van der Waals surface area contributed by atoms with E-state index in [1.165, 1.54) is 10.4 Å². The lowest BCUT2D eigenvalue weighted by molar-refractivity contribution is 0.0245. The summed E-state index contributed by atoms with van der Waals surface area (Å²) in [6.07, 6.45) is 2.88. The second-order valence-electron chi connectivity index (χ2n) is 4.75. The molecular weight excluding hydrogens is 218 g/mol. The molecule has 1 unspecified atom stereocenters. The summed E-state index contributed by atoms with van der Waals surface area (Å²) in [5.41, 5.74) is 0.680. The van der Waals surface area contributed by atoms with Gasteiger partial charge in [0, 0.05) is 11.4 Å². The molecule has 0 aromatic carbocycles. The van der Waals surface area contributed by atoms with Crippen molar-refractivity contribution in [2.75, 3.05) is 19.6 Å². The third-order valence-corrected chi connectivity index (χ3v) is 4.85. The molecule has 1 saturated heterocycles. The van der Waals surface area contributed by atoms with Crippen molar-refractivity contribution in [2.24, 2.45) is 0 Å². The monoisotopic (exact) mass is 239 g/mol. The Kier molecular flexibility index (Phi) is 3.67. The van der Waals surface area contributed by atoms with Crippen molar-refractivity contribution in [3.05, 3.63) is 21.9 Å². The molecular formula is C13H21NOS. The Morgan fingerprint density at radius 2 is 2.25 bits per heavy atom. The molecule has 0 amide bonds. The zero-order valence-electron chi connectivity index (χ0n) is 10.2. The lowest BCUT2D eigenvalue weighted by Gasteiger charge is -2.26. The minimum Gasteiger partial charge on any atom is -0.384 e. The number of thiophene rings is 1. The van der Waals surface area contributed by atoms with Crippen LogP contribution in [0, 0.1) is 6.92 Å². The van der Waals surface area contributed by atoms with E-state index in [9.17, 15) is 5.11 Å². The summed E-state index contributed by atoms with van der Waals surface area (Å²) in [5, 5.41) is 12.9. The smallest absolute Gasteiger partial charge is 0.100 e. The van der Waals surface area contributed by atoms with Crippen molar-refractivity contribution in [2.45, 2.75) is 38.7 Å². The number of nitrogens with zero attached hydrogens (tertiary/aromatic N) is 1. The van der Waals surface area contributed by atoms with E-state index < -0.39 is 5.60 Å². The van der Waals surface area contributed by atoms with Gasteiger partial charge in [-0.15, -0.1) is 11.3 Å². The summed E-state index contributed by atoms with van der Waals surface area (Å²) in [6.45, 7) is 7.54. The molecule has 0 saturated carbocycles. The van der Waals surface area contributed by atoms with Gasteiger partial charge in [0.15, 0.2) is 0 Å². The molecule has 1 N–H and O–H groups in total. The van der Waals surface area contributed by atoms with Crippen molar-refractivity contribution in [3.63, 3.8) is 0 Å². The van der Waals surface area contributed by atoms with Crippen LogP contribution in [0.1, 0.15) is 36.6 Å². The molecule has 2 heterocycles. The van der Waals surface area contributed by atoms with Crippen molar-refractivity contribution in [1.29, 1.82) is 0 Å². The van der Waals surface area contributed by atoms with Crippen LogP contribution in [0.15, 0.2) is 11.4 Å². The first-order chi connectivity index (χ1) is 7.65. The molecule has 0 spiro atoms. The SMILES string of the molecule is CCN1CCCC(O)(c2sccc2C)CC1. The standard InChI is InChI=1S/C13H21NOS/c1-3-14-8-4-6-13(15,7-9-14)12-11(2)5-10-16-12/h5,10,15H,3-4,6-9H2,1-2H3. The van der Waals surface area contributed by atoms with E-state index in [4.69, 9.17) is 0 Å². The Hall–Kier alpha value is -0.380. The van der Waals surface area contributed by atoms with Crippen LogP contribution in [0.2, 0.25) is 0 Å². The predicted octanol–water partition coefficient (Wildman–Crippen LogP) is 2.75. The van der Waals surface area contributed by atoms with Gasteiger partial charge < -0.3 is 10.0 Å². The minimum absolute atomic E-state index is 0.567. The predicted molar refractivity (Wildman–Crippen MR) is 68.9 cm³/mol. The van der Waals surface area contributed by atoms with E-state index in [1.807, 2.05) is 0 Å². The third kappa shape index (κ3) is 2.31. The lowest BCUT2D eigenvalue weighted by Crippen LogP contribution is -2.28. The van der Waals surface area contributed by atoms with Gasteiger partial charge in [-0.3, -0.25) is 0 Å². The average Bonchev–Trinajstić information content (AvgIpc) is 2.60. The summed E-state index contributed by atoms with van der Waals surface area (Å²) in [6, 6.07) is 2.11. The molecule has 16 heavy (non-hydrogen) atoms. The number of aryl methyl sites for hydroxylation is 1. The highest BCUT2D eigenvalue weighted by Crippen LogP contribution is 2.37. The van der Waals surface area contributed by atoms with Gasteiger partial charge >= 0.3 is 0 Å². The quantitative estimate of drug-likeness (QED) is 0.858. The minimum atomic E-state index is -0.567. The van der Waals surface area contributed by atoms with E-state index >= 15 is 0 Å². The van der Waals surface area contributed by atoms with Crippen LogP contribution in [0.25, 0.3) is 0 Å². The molecule has 1 aliphatic heterocycles. The van der Waals surface area contributed by atoms with Gasteiger partial charge in [0.25, 0.3) is 0 Å². The van der Waals surface area contributed by atoms with Gasteiger partial charge in [0.1, 0.15) is 5.60 Å². The number of hydrogen-bond acceptors (Lipinski definition) is 3. The largest absolute Gasteiger partial charge is 0.384 e. The van der Waals surface area contributed by atoms with Crippen LogP contribution in [-0.2, 0) is 5.60 Å². The highest BCUT2D eigenvalue weighted by molar-refractivity contribution is 7.10. The van der Waals surface area contributed by atoms with Crippen LogP contribution in [0.4, 0.5) is 0 Å². The Morgan fingerprint density at radius 3 is 2.88 bits per heavy atom. The van der Waals surface area contributed by atoms with Gasteiger partial charge in [-0.25, -0.2) is 0 Å². The number of hydrogen-bond donors (Lipinski definition) is 1. The second-order valence-corrected chi connectivity index (χ2v) is 5.67. The average molecular weight is 239 g/mol. The molecule has 0 bridgehead atoms. The lowest BCUT2D eigenvalue weighted by atomic mass is 9.91. The first-order valence-corrected chi connectivity index (χ1v) is 7.03. The first kappa shape index (κ1) is 12.1. The summed E-state index contributed by atoms with van der Waals surface area (Å²) >= 11 is 1.70. The molecule has 2 nitrogen and oxygen atoms in total. The van der Waals surface area contributed by atoms with Crippen molar-refractivity contribution < 1.29 is 5.11 Å². The Morgan fingerprint density at radius 1 is 1.44 bits per heavy atom. The molecule has 1 atom stereocenters. The zero-order chi connectivity index (χ0) is 11.6. The van der Waals surface area contributed by atoms with Crippen LogP contribution >= 0.6 is 11.3 Å². The van der Waals surface area contributed by atoms with Crippen LogP contribution in [-0.4, -0.2) is 29.6 Å². The Labute approximate surface area is 102 Å². The summed E-state index contributed by atoms with van der Waals surface area (Å²) in [4.78, 5) is 3.62. The van der Waals surface area contributed by atoms with E-state index in [1.54, 1.807) is 11.3 Å². The molecule has 0 aliphatic carbocycles. The molecule has 90 valence electrons. The van der Waals surface area contributed by atoms with Gasteiger partial charge in [0.05, 0.1) is 0 Å². The molecule has 2 rings (SSSR count). The number of aliphatic hydroxyl groups is 1. The fourth-order valence-corrected chi connectivity index (χ4v) is 3.65. The fourth-order valence-electron chi connectivity index (χ4n) is 2.57. The van der Waals surface area contributed by atoms with E-state index in [0.29, 0.717) is 0 Å². The maximum Gasteiger partial charge on any atom is 0.100 e. The van der Waals surface area contributed by atoms with Gasteiger partial charge in [0.2, 0.25) is 0 Å². The third-order valence-electron chi connectivity index (χ3n) is 3.64. The number of likely N-dealkylation sites (tertiary alicyclic amines) is 1. The molecule has 1 aliphatic rings. The first-order valence-electron chi connectivity index (χ1n) is 6.15. The molecule has 0 radical (unpaired) electrons. The van der Waals surface area contributed by atoms with Crippen molar-refractivity contribution in [1.82, 2.24) is 4.90 Å². The fraction of sp³-hybridized carbons (Fsp3) is 0.692. The van der Waals surface area contributed by atoms with E-state index in [2.05, 4.69) is 30.2 Å². The van der Waals surface area contributed by atoms with Crippen molar-refractivity contribution in [3.8, 4) is 0 Å². The van der Waals surface area contributed by atoms with Gasteiger partial charge in [-0.1, -0.05) is 6.92 Å². The highest BCUT2D eigenvalue weighted by atomic mass is 32.1. The van der Waals surface area contributed by atoms with Gasteiger partial charge in [-0.05, 0) is 56.3 Å². The van der Waals surface area contributed by atoms with E-state index in [0.717, 1.165) is 38.9 Å². The Bertz CT molecular complexity index is 349. The summed E-state index contributed by atoms with van der Waals surface area (Å²) in [5.74, 6) is 0. The second kappa shape index (κ2) is 4.86. The molecule has 1 aromatic rings. The van der Waals surface area contributed by atoms with Crippen molar-refractivity contribution >= 4 is 11.3 Å². The van der Waals surface area contributed by atoms with Crippen LogP contribution in [0.3, 0.4) is 0 Å². The molecule has 3 heteroatoms. The maximum atomic E-state index is 10.8. The van der Waals surface area contributed by atoms with Crippen LogP contribution < -0.4 is 0 Å². The Balaban J connectivity index is 2.16. The maximum absolute atomic E-state index is 10.8. The van der Waals surface area contributed by atoms with Gasteiger partial charge in [-0.2, -0.15) is 0 Å².